The van der Waals surface area contributed by atoms with Crippen molar-refractivity contribution in [3.8, 4) is 6.07 Å². The maximum Gasteiger partial charge on any atom is 0.347 e. The van der Waals surface area contributed by atoms with Gasteiger partial charge >= 0.3 is 5.97 Å². The van der Waals surface area contributed by atoms with Crippen molar-refractivity contribution in [2.75, 3.05) is 23.8 Å². The topological polar surface area (TPSA) is 118 Å². The van der Waals surface area contributed by atoms with Crippen molar-refractivity contribution in [2.45, 2.75) is 0 Å². The highest BCUT2D eigenvalue weighted by Gasteiger charge is 2.32. The summed E-state index contributed by atoms with van der Waals surface area (Å²) < 4.78 is 10.2. The highest BCUT2D eigenvalue weighted by atomic mass is 35.5. The largest absolute Gasteiger partial charge is 0.470 e. The highest BCUT2D eigenvalue weighted by molar-refractivity contribution is 6.32. The van der Waals surface area contributed by atoms with Crippen LogP contribution < -0.4 is 10.6 Å². The second-order valence-corrected chi connectivity index (χ2v) is 6.24. The number of rotatable bonds is 6. The van der Waals surface area contributed by atoms with Gasteiger partial charge in [-0.2, -0.15) is 5.26 Å². The summed E-state index contributed by atoms with van der Waals surface area (Å²) in [6.07, 6.45) is 0. The molecular weight excluding hydrogens is 398 g/mol. The summed E-state index contributed by atoms with van der Waals surface area (Å²) in [6, 6.07) is 15.1. The van der Waals surface area contributed by atoms with Gasteiger partial charge in [0.15, 0.2) is 18.8 Å². The number of carbonyl (C=O) groups excluding carboxylic acids is 3. The molecule has 2 aromatic carbocycles. The van der Waals surface area contributed by atoms with Crippen molar-refractivity contribution in [3.05, 3.63) is 70.6 Å². The zero-order valence-corrected chi connectivity index (χ0v) is 15.7. The standard InChI is InChI=1S/C20H14ClN3O5/c21-15-8-14(7-6-12(15)9-22)23-17(26)11-29-20(27)18-16(25)10-28-19(18)24-13-4-2-1-3-5-13/h1-8,24H,10-11H2,(H,23,26). The van der Waals surface area contributed by atoms with Crippen LogP contribution in [0.15, 0.2) is 60.0 Å². The number of ketones is 1. The SMILES string of the molecule is N#Cc1ccc(NC(=O)COC(=O)C2=C(Nc3ccccc3)OCC2=O)cc1Cl. The number of nitriles is 1. The molecule has 2 aromatic rings. The van der Waals surface area contributed by atoms with Crippen LogP contribution in [0.25, 0.3) is 0 Å². The van der Waals surface area contributed by atoms with Gasteiger partial charge in [0.05, 0.1) is 10.6 Å². The van der Waals surface area contributed by atoms with Crippen LogP contribution >= 0.6 is 11.6 Å². The first-order valence-electron chi connectivity index (χ1n) is 8.37. The third-order valence-corrected chi connectivity index (χ3v) is 4.11. The summed E-state index contributed by atoms with van der Waals surface area (Å²) in [6.45, 7) is -0.915. The van der Waals surface area contributed by atoms with Crippen molar-refractivity contribution >= 4 is 40.6 Å². The molecule has 1 amide bonds. The maximum atomic E-state index is 12.3. The number of carbonyl (C=O) groups is 3. The molecule has 0 aliphatic carbocycles. The van der Waals surface area contributed by atoms with E-state index in [1.807, 2.05) is 12.1 Å². The van der Waals surface area contributed by atoms with E-state index in [0.29, 0.717) is 11.4 Å². The lowest BCUT2D eigenvalue weighted by Crippen LogP contribution is -2.24. The Bertz CT molecular complexity index is 1040. The molecule has 2 N–H and O–H groups in total. The first kappa shape index (κ1) is 19.9. The summed E-state index contributed by atoms with van der Waals surface area (Å²) in [7, 11) is 0. The van der Waals surface area contributed by atoms with Crippen LogP contribution in [0.3, 0.4) is 0 Å². The van der Waals surface area contributed by atoms with E-state index in [0.717, 1.165) is 0 Å². The van der Waals surface area contributed by atoms with Gasteiger partial charge in [-0.15, -0.1) is 0 Å². The number of anilines is 2. The minimum absolute atomic E-state index is 0.0227. The zero-order valence-electron chi connectivity index (χ0n) is 14.9. The van der Waals surface area contributed by atoms with Crippen molar-refractivity contribution in [1.29, 1.82) is 5.26 Å². The molecule has 0 saturated carbocycles. The van der Waals surface area contributed by atoms with E-state index in [-0.39, 0.29) is 28.6 Å². The number of benzene rings is 2. The Morgan fingerprint density at radius 3 is 2.62 bits per heavy atom. The van der Waals surface area contributed by atoms with Crippen LogP contribution in [0.2, 0.25) is 5.02 Å². The molecule has 0 radical (unpaired) electrons. The number of para-hydroxylation sites is 1. The summed E-state index contributed by atoms with van der Waals surface area (Å²) in [5, 5.41) is 14.4. The van der Waals surface area contributed by atoms with Crippen LogP contribution in [0.4, 0.5) is 11.4 Å². The number of amides is 1. The lowest BCUT2D eigenvalue weighted by molar-refractivity contribution is -0.144. The van der Waals surface area contributed by atoms with E-state index < -0.39 is 24.3 Å². The molecule has 0 spiro atoms. The van der Waals surface area contributed by atoms with E-state index in [9.17, 15) is 14.4 Å². The Hall–Kier alpha value is -3.83. The van der Waals surface area contributed by atoms with Gasteiger partial charge in [0.2, 0.25) is 11.7 Å². The Morgan fingerprint density at radius 2 is 1.93 bits per heavy atom. The average molecular weight is 412 g/mol. The first-order chi connectivity index (χ1) is 14.0. The molecule has 3 rings (SSSR count). The van der Waals surface area contributed by atoms with Crippen LogP contribution in [-0.2, 0) is 23.9 Å². The van der Waals surface area contributed by atoms with E-state index in [1.165, 1.54) is 18.2 Å². The molecule has 0 saturated heterocycles. The first-order valence-corrected chi connectivity index (χ1v) is 8.74. The quantitative estimate of drug-likeness (QED) is 0.554. The Morgan fingerprint density at radius 1 is 1.17 bits per heavy atom. The highest BCUT2D eigenvalue weighted by Crippen LogP contribution is 2.21. The lowest BCUT2D eigenvalue weighted by atomic mass is 10.2. The summed E-state index contributed by atoms with van der Waals surface area (Å²) in [5.74, 6) is -2.18. The number of nitrogens with one attached hydrogen (secondary N) is 2. The third-order valence-electron chi connectivity index (χ3n) is 3.80. The molecule has 29 heavy (non-hydrogen) atoms. The van der Waals surface area contributed by atoms with Gasteiger partial charge in [-0.3, -0.25) is 9.59 Å². The second-order valence-electron chi connectivity index (χ2n) is 5.84. The summed E-state index contributed by atoms with van der Waals surface area (Å²) in [4.78, 5) is 36.3. The number of ether oxygens (including phenoxy) is 2. The molecular formula is C20H14ClN3O5. The Labute approximate surface area is 170 Å². The lowest BCUT2D eigenvalue weighted by Gasteiger charge is -2.09. The molecule has 0 bridgehead atoms. The molecule has 0 atom stereocenters. The Balaban J connectivity index is 1.62. The van der Waals surface area contributed by atoms with Gasteiger partial charge in [0.25, 0.3) is 5.91 Å². The number of hydrogen-bond acceptors (Lipinski definition) is 7. The number of hydrogen-bond donors (Lipinski definition) is 2. The minimum Gasteiger partial charge on any atom is -0.470 e. The second kappa shape index (κ2) is 8.91. The average Bonchev–Trinajstić information content (AvgIpc) is 3.07. The van der Waals surface area contributed by atoms with Crippen molar-refractivity contribution in [2.24, 2.45) is 0 Å². The zero-order chi connectivity index (χ0) is 20.8. The third kappa shape index (κ3) is 4.91. The van der Waals surface area contributed by atoms with E-state index in [2.05, 4.69) is 10.6 Å². The summed E-state index contributed by atoms with van der Waals surface area (Å²) in [5.41, 5.74) is 0.934. The van der Waals surface area contributed by atoms with Crippen molar-refractivity contribution in [1.82, 2.24) is 0 Å². The van der Waals surface area contributed by atoms with Gasteiger partial charge in [0.1, 0.15) is 6.07 Å². The molecule has 0 aromatic heterocycles. The van der Waals surface area contributed by atoms with E-state index in [1.54, 1.807) is 24.3 Å². The molecule has 8 nitrogen and oxygen atoms in total. The van der Waals surface area contributed by atoms with Gasteiger partial charge in [0, 0.05) is 11.4 Å². The van der Waals surface area contributed by atoms with Crippen LogP contribution in [0.5, 0.6) is 0 Å². The molecule has 9 heteroatoms. The number of nitrogens with zero attached hydrogens (tertiary/aromatic N) is 1. The predicted octanol–water partition coefficient (Wildman–Crippen LogP) is 2.62. The fraction of sp³-hybridized carbons (Fsp3) is 0.100. The number of halogens is 1. The monoisotopic (exact) mass is 411 g/mol. The molecule has 1 aliphatic heterocycles. The normalized spacial score (nSPS) is 12.8. The van der Waals surface area contributed by atoms with Crippen molar-refractivity contribution < 1.29 is 23.9 Å². The van der Waals surface area contributed by atoms with Crippen molar-refractivity contribution in [3.63, 3.8) is 0 Å². The van der Waals surface area contributed by atoms with Crippen LogP contribution in [0.1, 0.15) is 5.56 Å². The van der Waals surface area contributed by atoms with Crippen LogP contribution in [0, 0.1) is 11.3 Å². The van der Waals surface area contributed by atoms with Gasteiger partial charge < -0.3 is 20.1 Å². The molecule has 0 fully saturated rings. The van der Waals surface area contributed by atoms with Gasteiger partial charge in [-0.25, -0.2) is 4.79 Å². The maximum absolute atomic E-state index is 12.3. The predicted molar refractivity (Wildman–Crippen MR) is 104 cm³/mol. The Kier molecular flexibility index (Phi) is 6.12. The van der Waals surface area contributed by atoms with Gasteiger partial charge in [-0.1, -0.05) is 29.8 Å². The molecule has 1 aliphatic rings. The van der Waals surface area contributed by atoms with Crippen LogP contribution in [-0.4, -0.2) is 30.9 Å². The molecule has 1 heterocycles. The van der Waals surface area contributed by atoms with Gasteiger partial charge in [-0.05, 0) is 30.3 Å². The fourth-order valence-electron chi connectivity index (χ4n) is 2.45. The molecule has 0 unspecified atom stereocenters. The number of Topliss-reactive ketones (excluding diaryl/α,β-unsaturated/α-hetero) is 1. The minimum atomic E-state index is -0.973. The number of esters is 1. The fourth-order valence-corrected chi connectivity index (χ4v) is 2.67. The van der Waals surface area contributed by atoms with E-state index in [4.69, 9.17) is 26.3 Å². The molecule has 146 valence electrons. The van der Waals surface area contributed by atoms with E-state index >= 15 is 0 Å². The smallest absolute Gasteiger partial charge is 0.347 e. The summed E-state index contributed by atoms with van der Waals surface area (Å²) >= 11 is 5.90.